The molecule has 3 rings (SSSR count). The van der Waals surface area contributed by atoms with Crippen molar-refractivity contribution in [3.63, 3.8) is 0 Å². The molecule has 1 aliphatic carbocycles. The molecule has 2 aromatic carbocycles. The molecular formula is C17H16O3. The Labute approximate surface area is 118 Å². The van der Waals surface area contributed by atoms with Crippen LogP contribution in [0.2, 0.25) is 0 Å². The van der Waals surface area contributed by atoms with Crippen molar-refractivity contribution in [2.75, 3.05) is 7.11 Å². The average Bonchev–Trinajstić information content (AvgIpc) is 3.30. The molecule has 0 heterocycles. The summed E-state index contributed by atoms with van der Waals surface area (Å²) in [5.41, 5.74) is 1.19. The van der Waals surface area contributed by atoms with Crippen LogP contribution in [0, 0.1) is 0 Å². The predicted molar refractivity (Wildman–Crippen MR) is 76.5 cm³/mol. The third-order valence-electron chi connectivity index (χ3n) is 3.27. The second kappa shape index (κ2) is 5.37. The number of methoxy groups -OCH3 is 1. The Hall–Kier alpha value is -2.29. The smallest absolute Gasteiger partial charge is 0.196 e. The summed E-state index contributed by atoms with van der Waals surface area (Å²) >= 11 is 0. The van der Waals surface area contributed by atoms with Crippen molar-refractivity contribution in [1.29, 1.82) is 0 Å². The van der Waals surface area contributed by atoms with Gasteiger partial charge in [-0.2, -0.15) is 0 Å². The standard InChI is InChI=1S/C17H16O3/c1-19-16-8-3-2-7-15(16)17(18)12-5-4-6-14(11-12)20-13-9-10-13/h2-8,11,13H,9-10H2,1H3. The number of para-hydroxylation sites is 1. The molecule has 102 valence electrons. The van der Waals surface area contributed by atoms with Crippen molar-refractivity contribution >= 4 is 5.78 Å². The lowest BCUT2D eigenvalue weighted by Gasteiger charge is -2.09. The van der Waals surface area contributed by atoms with Crippen LogP contribution in [0.5, 0.6) is 11.5 Å². The fourth-order valence-electron chi connectivity index (χ4n) is 2.08. The normalized spacial score (nSPS) is 13.8. The number of ketones is 1. The molecule has 0 unspecified atom stereocenters. The van der Waals surface area contributed by atoms with Gasteiger partial charge in [-0.3, -0.25) is 4.79 Å². The molecule has 3 heteroatoms. The van der Waals surface area contributed by atoms with E-state index in [9.17, 15) is 4.79 Å². The Kier molecular flexibility index (Phi) is 3.42. The summed E-state index contributed by atoms with van der Waals surface area (Å²) < 4.78 is 11.0. The minimum atomic E-state index is -0.0521. The first-order valence-corrected chi connectivity index (χ1v) is 6.72. The Morgan fingerprint density at radius 3 is 2.65 bits per heavy atom. The van der Waals surface area contributed by atoms with Crippen LogP contribution in [0.1, 0.15) is 28.8 Å². The third-order valence-corrected chi connectivity index (χ3v) is 3.27. The fraction of sp³-hybridized carbons (Fsp3) is 0.235. The van der Waals surface area contributed by atoms with E-state index in [1.807, 2.05) is 24.3 Å². The number of hydrogen-bond donors (Lipinski definition) is 0. The number of benzene rings is 2. The fourth-order valence-corrected chi connectivity index (χ4v) is 2.08. The van der Waals surface area contributed by atoms with Gasteiger partial charge in [0.2, 0.25) is 0 Å². The molecular weight excluding hydrogens is 252 g/mol. The van der Waals surface area contributed by atoms with Crippen LogP contribution in [0.25, 0.3) is 0 Å². The lowest BCUT2D eigenvalue weighted by molar-refractivity contribution is 0.103. The Morgan fingerprint density at radius 1 is 1.10 bits per heavy atom. The van der Waals surface area contributed by atoms with Crippen molar-refractivity contribution in [2.45, 2.75) is 18.9 Å². The van der Waals surface area contributed by atoms with Crippen LogP contribution in [-0.2, 0) is 0 Å². The largest absolute Gasteiger partial charge is 0.496 e. The van der Waals surface area contributed by atoms with Gasteiger partial charge in [0.05, 0.1) is 18.8 Å². The molecule has 0 radical (unpaired) electrons. The Bertz CT molecular complexity index is 630. The first-order valence-electron chi connectivity index (χ1n) is 6.72. The van der Waals surface area contributed by atoms with Gasteiger partial charge < -0.3 is 9.47 Å². The van der Waals surface area contributed by atoms with Crippen LogP contribution in [-0.4, -0.2) is 19.0 Å². The summed E-state index contributed by atoms with van der Waals surface area (Å²) in [5.74, 6) is 1.29. The Morgan fingerprint density at radius 2 is 1.90 bits per heavy atom. The number of carbonyl (C=O) groups is 1. The summed E-state index contributed by atoms with van der Waals surface area (Å²) in [4.78, 5) is 12.5. The van der Waals surface area contributed by atoms with Crippen LogP contribution >= 0.6 is 0 Å². The molecule has 2 aromatic rings. The summed E-state index contributed by atoms with van der Waals surface area (Å²) in [6, 6.07) is 14.6. The molecule has 0 bridgehead atoms. The van der Waals surface area contributed by atoms with E-state index in [0.717, 1.165) is 18.6 Å². The van der Waals surface area contributed by atoms with Gasteiger partial charge in [-0.05, 0) is 37.1 Å². The third kappa shape index (κ3) is 2.67. The maximum Gasteiger partial charge on any atom is 0.196 e. The number of hydrogen-bond acceptors (Lipinski definition) is 3. The number of ether oxygens (including phenoxy) is 2. The van der Waals surface area contributed by atoms with Crippen molar-refractivity contribution in [1.82, 2.24) is 0 Å². The van der Waals surface area contributed by atoms with Crippen molar-refractivity contribution in [3.05, 3.63) is 59.7 Å². The quantitative estimate of drug-likeness (QED) is 0.779. The summed E-state index contributed by atoms with van der Waals surface area (Å²) in [6.45, 7) is 0. The van der Waals surface area contributed by atoms with E-state index in [1.54, 1.807) is 31.4 Å². The zero-order valence-electron chi connectivity index (χ0n) is 11.3. The van der Waals surface area contributed by atoms with Gasteiger partial charge in [-0.1, -0.05) is 24.3 Å². The Balaban J connectivity index is 1.89. The van der Waals surface area contributed by atoms with Crippen molar-refractivity contribution in [2.24, 2.45) is 0 Å². The summed E-state index contributed by atoms with van der Waals surface area (Å²) in [7, 11) is 1.57. The maximum atomic E-state index is 12.5. The van der Waals surface area contributed by atoms with Crippen molar-refractivity contribution in [3.8, 4) is 11.5 Å². The van der Waals surface area contributed by atoms with E-state index in [-0.39, 0.29) is 5.78 Å². The van der Waals surface area contributed by atoms with E-state index in [1.165, 1.54) is 0 Å². The van der Waals surface area contributed by atoms with E-state index >= 15 is 0 Å². The van der Waals surface area contributed by atoms with E-state index in [4.69, 9.17) is 9.47 Å². The van der Waals surface area contributed by atoms with Crippen molar-refractivity contribution < 1.29 is 14.3 Å². The first kappa shape index (κ1) is 12.7. The van der Waals surface area contributed by atoms with Gasteiger partial charge in [-0.15, -0.1) is 0 Å². The molecule has 1 fully saturated rings. The summed E-state index contributed by atoms with van der Waals surface area (Å²) in [5, 5.41) is 0. The lowest BCUT2D eigenvalue weighted by atomic mass is 10.0. The van der Waals surface area contributed by atoms with Gasteiger partial charge in [0.15, 0.2) is 5.78 Å². The van der Waals surface area contributed by atoms with E-state index in [0.29, 0.717) is 23.0 Å². The molecule has 0 amide bonds. The molecule has 0 spiro atoms. The molecule has 0 aromatic heterocycles. The lowest BCUT2D eigenvalue weighted by Crippen LogP contribution is -2.04. The van der Waals surface area contributed by atoms with Crippen LogP contribution in [0.4, 0.5) is 0 Å². The van der Waals surface area contributed by atoms with Crippen LogP contribution in [0.3, 0.4) is 0 Å². The average molecular weight is 268 g/mol. The molecule has 1 aliphatic rings. The van der Waals surface area contributed by atoms with E-state index < -0.39 is 0 Å². The molecule has 0 N–H and O–H groups in total. The highest BCUT2D eigenvalue weighted by Gasteiger charge is 2.24. The van der Waals surface area contributed by atoms with Gasteiger partial charge in [0.25, 0.3) is 0 Å². The summed E-state index contributed by atoms with van der Waals surface area (Å²) in [6.07, 6.45) is 2.53. The number of rotatable bonds is 5. The van der Waals surface area contributed by atoms with Crippen LogP contribution < -0.4 is 9.47 Å². The van der Waals surface area contributed by atoms with Crippen LogP contribution in [0.15, 0.2) is 48.5 Å². The first-order chi connectivity index (χ1) is 9.78. The molecule has 3 nitrogen and oxygen atoms in total. The van der Waals surface area contributed by atoms with Gasteiger partial charge in [0.1, 0.15) is 11.5 Å². The molecule has 20 heavy (non-hydrogen) atoms. The highest BCUT2D eigenvalue weighted by atomic mass is 16.5. The van der Waals surface area contributed by atoms with Gasteiger partial charge in [-0.25, -0.2) is 0 Å². The monoisotopic (exact) mass is 268 g/mol. The zero-order chi connectivity index (χ0) is 13.9. The maximum absolute atomic E-state index is 12.5. The highest BCUT2D eigenvalue weighted by Crippen LogP contribution is 2.28. The second-order valence-electron chi connectivity index (χ2n) is 4.87. The van der Waals surface area contributed by atoms with Gasteiger partial charge >= 0.3 is 0 Å². The zero-order valence-corrected chi connectivity index (χ0v) is 11.3. The van der Waals surface area contributed by atoms with Gasteiger partial charge in [0, 0.05) is 5.56 Å². The molecule has 0 saturated heterocycles. The SMILES string of the molecule is COc1ccccc1C(=O)c1cccc(OC2CC2)c1. The molecule has 0 aliphatic heterocycles. The number of carbonyl (C=O) groups excluding carboxylic acids is 1. The minimum Gasteiger partial charge on any atom is -0.496 e. The highest BCUT2D eigenvalue weighted by molar-refractivity contribution is 6.10. The second-order valence-corrected chi connectivity index (χ2v) is 4.87. The predicted octanol–water partition coefficient (Wildman–Crippen LogP) is 3.47. The van der Waals surface area contributed by atoms with E-state index in [2.05, 4.69) is 0 Å². The topological polar surface area (TPSA) is 35.5 Å². The molecule has 1 saturated carbocycles. The molecule has 0 atom stereocenters. The minimum absolute atomic E-state index is 0.0521.